The van der Waals surface area contributed by atoms with E-state index < -0.39 is 0 Å². The molecule has 168 valence electrons. The summed E-state index contributed by atoms with van der Waals surface area (Å²) < 4.78 is 10.8. The molecule has 0 spiro atoms. The molecule has 1 aromatic carbocycles. The van der Waals surface area contributed by atoms with Crippen molar-refractivity contribution in [2.75, 3.05) is 46.9 Å². The average Bonchev–Trinajstić information content (AvgIpc) is 3.48. The number of ether oxygens (including phenoxy) is 1. The van der Waals surface area contributed by atoms with Gasteiger partial charge >= 0.3 is 0 Å². The Kier molecular flexibility index (Phi) is 8.67. The highest BCUT2D eigenvalue weighted by atomic mass is 16.5. The van der Waals surface area contributed by atoms with Crippen LogP contribution in [-0.4, -0.2) is 79.5 Å². The molecule has 1 aliphatic heterocycles. The van der Waals surface area contributed by atoms with E-state index in [0.717, 1.165) is 31.6 Å². The minimum Gasteiger partial charge on any atom is -0.472 e. The molecule has 1 aliphatic rings. The standard InChI is InChI=1S/C24H33N3O4/c1-25(2)13-14-26(17-20-7-4-3-5-8-20)23(28)10-12-27(18-22-9-6-15-31-22)24(29)21-11-16-30-19-21/h3-5,7-8,11,16,19,22H,6,9-10,12-15,17-18H2,1-2H3. The van der Waals surface area contributed by atoms with Crippen LogP contribution in [-0.2, 0) is 16.1 Å². The SMILES string of the molecule is CN(C)CCN(Cc1ccccc1)C(=O)CCN(CC1CCCO1)C(=O)c1ccoc1. The van der Waals surface area contributed by atoms with Gasteiger partial charge in [-0.2, -0.15) is 0 Å². The van der Waals surface area contributed by atoms with Crippen LogP contribution in [0.25, 0.3) is 0 Å². The maximum atomic E-state index is 13.1. The van der Waals surface area contributed by atoms with Gasteiger partial charge in [-0.25, -0.2) is 0 Å². The van der Waals surface area contributed by atoms with Crippen molar-refractivity contribution in [1.82, 2.24) is 14.7 Å². The summed E-state index contributed by atoms with van der Waals surface area (Å²) in [6, 6.07) is 11.7. The van der Waals surface area contributed by atoms with Crippen molar-refractivity contribution in [3.05, 3.63) is 60.1 Å². The second-order valence-corrected chi connectivity index (χ2v) is 8.25. The fourth-order valence-electron chi connectivity index (χ4n) is 3.68. The third-order valence-electron chi connectivity index (χ3n) is 5.49. The predicted molar refractivity (Wildman–Crippen MR) is 119 cm³/mol. The molecule has 0 aliphatic carbocycles. The third-order valence-corrected chi connectivity index (χ3v) is 5.49. The Morgan fingerprint density at radius 1 is 1.03 bits per heavy atom. The van der Waals surface area contributed by atoms with E-state index in [1.165, 1.54) is 12.5 Å². The summed E-state index contributed by atoms with van der Waals surface area (Å²) in [7, 11) is 4.00. The molecule has 3 rings (SSSR count). The number of carbonyl (C=O) groups excluding carboxylic acids is 2. The lowest BCUT2D eigenvalue weighted by molar-refractivity contribution is -0.132. The van der Waals surface area contributed by atoms with E-state index in [-0.39, 0.29) is 24.3 Å². The number of carbonyl (C=O) groups is 2. The topological polar surface area (TPSA) is 66.2 Å². The van der Waals surface area contributed by atoms with Gasteiger partial charge in [-0.3, -0.25) is 9.59 Å². The number of hydrogen-bond donors (Lipinski definition) is 0. The lowest BCUT2D eigenvalue weighted by Crippen LogP contribution is -2.41. The zero-order valence-corrected chi connectivity index (χ0v) is 18.5. The summed E-state index contributed by atoms with van der Waals surface area (Å²) in [6.45, 7) is 3.57. The molecule has 2 heterocycles. The molecule has 0 N–H and O–H groups in total. The molecule has 0 radical (unpaired) electrons. The van der Waals surface area contributed by atoms with Crippen LogP contribution in [0, 0.1) is 0 Å². The second kappa shape index (κ2) is 11.7. The molecule has 1 unspecified atom stereocenters. The molecule has 1 saturated heterocycles. The molecular formula is C24H33N3O4. The van der Waals surface area contributed by atoms with Crippen molar-refractivity contribution in [3.8, 4) is 0 Å². The Morgan fingerprint density at radius 2 is 1.84 bits per heavy atom. The molecule has 7 heteroatoms. The van der Waals surface area contributed by atoms with E-state index in [4.69, 9.17) is 9.15 Å². The van der Waals surface area contributed by atoms with Crippen LogP contribution < -0.4 is 0 Å². The van der Waals surface area contributed by atoms with Gasteiger partial charge in [-0.05, 0) is 38.6 Å². The second-order valence-electron chi connectivity index (χ2n) is 8.25. The molecule has 1 fully saturated rings. The molecule has 31 heavy (non-hydrogen) atoms. The van der Waals surface area contributed by atoms with E-state index in [1.807, 2.05) is 49.3 Å². The first kappa shape index (κ1) is 23.0. The van der Waals surface area contributed by atoms with Crippen LogP contribution in [0.1, 0.15) is 35.2 Å². The Bertz CT molecular complexity index is 801. The Morgan fingerprint density at radius 3 is 2.48 bits per heavy atom. The molecular weight excluding hydrogens is 394 g/mol. The van der Waals surface area contributed by atoms with Gasteiger partial charge in [0.1, 0.15) is 6.26 Å². The largest absolute Gasteiger partial charge is 0.472 e. The molecule has 0 saturated carbocycles. The molecule has 0 bridgehead atoms. The predicted octanol–water partition coefficient (Wildman–Crippen LogP) is 2.88. The number of amides is 2. The maximum Gasteiger partial charge on any atom is 0.257 e. The molecule has 2 aromatic rings. The summed E-state index contributed by atoms with van der Waals surface area (Å²) in [5.41, 5.74) is 1.60. The van der Waals surface area contributed by atoms with Crippen LogP contribution in [0.4, 0.5) is 0 Å². The Hall–Kier alpha value is -2.64. The fourth-order valence-corrected chi connectivity index (χ4v) is 3.68. The monoisotopic (exact) mass is 427 g/mol. The van der Waals surface area contributed by atoms with Gasteiger partial charge in [0.2, 0.25) is 5.91 Å². The van der Waals surface area contributed by atoms with Crippen LogP contribution in [0.5, 0.6) is 0 Å². The van der Waals surface area contributed by atoms with Gasteiger partial charge in [-0.15, -0.1) is 0 Å². The van der Waals surface area contributed by atoms with Gasteiger partial charge < -0.3 is 23.9 Å². The highest BCUT2D eigenvalue weighted by Gasteiger charge is 2.25. The van der Waals surface area contributed by atoms with Crippen molar-refractivity contribution >= 4 is 11.8 Å². The summed E-state index contributed by atoms with van der Waals surface area (Å²) in [5, 5.41) is 0. The summed E-state index contributed by atoms with van der Waals surface area (Å²) in [5.74, 6) is -0.0806. The van der Waals surface area contributed by atoms with Gasteiger partial charge in [-0.1, -0.05) is 30.3 Å². The smallest absolute Gasteiger partial charge is 0.257 e. The number of furan rings is 1. The molecule has 2 amide bonds. The van der Waals surface area contributed by atoms with Gasteiger partial charge in [0.25, 0.3) is 5.91 Å². The van der Waals surface area contributed by atoms with Crippen LogP contribution in [0.15, 0.2) is 53.3 Å². The van der Waals surface area contributed by atoms with Crippen LogP contribution >= 0.6 is 0 Å². The zero-order chi connectivity index (χ0) is 22.1. The highest BCUT2D eigenvalue weighted by Crippen LogP contribution is 2.16. The van der Waals surface area contributed by atoms with Crippen molar-refractivity contribution in [2.24, 2.45) is 0 Å². The first-order valence-electron chi connectivity index (χ1n) is 10.9. The Balaban J connectivity index is 1.64. The minimum absolute atomic E-state index is 0.0279. The number of hydrogen-bond acceptors (Lipinski definition) is 5. The third kappa shape index (κ3) is 7.22. The quantitative estimate of drug-likeness (QED) is 0.552. The summed E-state index contributed by atoms with van der Waals surface area (Å²) >= 11 is 0. The van der Waals surface area contributed by atoms with Crippen molar-refractivity contribution < 1.29 is 18.7 Å². The van der Waals surface area contributed by atoms with Gasteiger partial charge in [0.15, 0.2) is 0 Å². The summed E-state index contributed by atoms with van der Waals surface area (Å²) in [6.07, 6.45) is 5.19. The van der Waals surface area contributed by atoms with Gasteiger partial charge in [0.05, 0.1) is 17.9 Å². The first-order valence-corrected chi connectivity index (χ1v) is 10.9. The molecule has 7 nitrogen and oxygen atoms in total. The Labute approximate surface area is 184 Å². The first-order chi connectivity index (χ1) is 15.0. The van der Waals surface area contributed by atoms with Crippen molar-refractivity contribution in [1.29, 1.82) is 0 Å². The van der Waals surface area contributed by atoms with E-state index in [0.29, 0.717) is 31.7 Å². The zero-order valence-electron chi connectivity index (χ0n) is 18.5. The van der Waals surface area contributed by atoms with Crippen LogP contribution in [0.2, 0.25) is 0 Å². The van der Waals surface area contributed by atoms with E-state index >= 15 is 0 Å². The number of nitrogens with zero attached hydrogens (tertiary/aromatic N) is 3. The normalized spacial score (nSPS) is 15.9. The maximum absolute atomic E-state index is 13.1. The summed E-state index contributed by atoms with van der Waals surface area (Å²) in [4.78, 5) is 31.8. The minimum atomic E-state index is -0.125. The van der Waals surface area contributed by atoms with Gasteiger partial charge in [0, 0.05) is 45.8 Å². The lowest BCUT2D eigenvalue weighted by atomic mass is 10.2. The van der Waals surface area contributed by atoms with E-state index in [9.17, 15) is 9.59 Å². The lowest BCUT2D eigenvalue weighted by Gasteiger charge is -2.28. The van der Waals surface area contributed by atoms with E-state index in [2.05, 4.69) is 4.90 Å². The fraction of sp³-hybridized carbons (Fsp3) is 0.500. The van der Waals surface area contributed by atoms with Crippen molar-refractivity contribution in [2.45, 2.75) is 31.9 Å². The average molecular weight is 428 g/mol. The van der Waals surface area contributed by atoms with E-state index in [1.54, 1.807) is 11.0 Å². The van der Waals surface area contributed by atoms with Crippen molar-refractivity contribution in [3.63, 3.8) is 0 Å². The molecule has 1 aromatic heterocycles. The number of benzene rings is 1. The molecule has 1 atom stereocenters. The number of likely N-dealkylation sites (N-methyl/N-ethyl adjacent to an activating group) is 1. The number of rotatable bonds is 11. The highest BCUT2D eigenvalue weighted by molar-refractivity contribution is 5.94. The van der Waals surface area contributed by atoms with Crippen LogP contribution in [0.3, 0.4) is 0 Å².